The van der Waals surface area contributed by atoms with Crippen molar-refractivity contribution in [2.45, 2.75) is 52.5 Å². The highest BCUT2D eigenvalue weighted by Crippen LogP contribution is 2.15. The van der Waals surface area contributed by atoms with Crippen molar-refractivity contribution in [2.24, 2.45) is 0 Å². The second-order valence-electron chi connectivity index (χ2n) is 5.09. The molecule has 2 aromatic rings. The molecular weight excluding hydrogens is 270 g/mol. The number of carbonyl (C=O) groups is 1. The van der Waals surface area contributed by atoms with Crippen molar-refractivity contribution < 1.29 is 13.7 Å². The maximum Gasteiger partial charge on any atom is 0.227 e. The summed E-state index contributed by atoms with van der Waals surface area (Å²) in [7, 11) is 0. The highest BCUT2D eigenvalue weighted by Gasteiger charge is 2.14. The van der Waals surface area contributed by atoms with Gasteiger partial charge >= 0.3 is 0 Å². The Kier molecular flexibility index (Phi) is 5.14. The van der Waals surface area contributed by atoms with E-state index in [4.69, 9.17) is 8.94 Å². The average molecular weight is 291 g/mol. The molecule has 1 amide bonds. The number of hydrogen-bond donors (Lipinski definition) is 1. The van der Waals surface area contributed by atoms with Gasteiger partial charge in [-0.1, -0.05) is 12.1 Å². The number of amides is 1. The van der Waals surface area contributed by atoms with Gasteiger partial charge in [0.15, 0.2) is 5.82 Å². The van der Waals surface area contributed by atoms with Gasteiger partial charge in [0.05, 0.1) is 6.04 Å². The summed E-state index contributed by atoms with van der Waals surface area (Å²) >= 11 is 0. The number of carbonyl (C=O) groups excluding carboxylic acids is 1. The number of aryl methyl sites for hydroxylation is 3. The van der Waals surface area contributed by atoms with E-state index in [-0.39, 0.29) is 11.9 Å². The van der Waals surface area contributed by atoms with Crippen LogP contribution in [0, 0.1) is 6.92 Å². The van der Waals surface area contributed by atoms with E-state index >= 15 is 0 Å². The molecule has 2 rings (SSSR count). The molecule has 0 spiro atoms. The third-order valence-corrected chi connectivity index (χ3v) is 3.12. The summed E-state index contributed by atoms with van der Waals surface area (Å²) in [6.07, 6.45) is 2.54. The quantitative estimate of drug-likeness (QED) is 0.848. The van der Waals surface area contributed by atoms with Crippen LogP contribution < -0.4 is 5.32 Å². The van der Waals surface area contributed by atoms with Gasteiger partial charge in [-0.25, -0.2) is 0 Å². The van der Waals surface area contributed by atoms with Crippen molar-refractivity contribution in [1.82, 2.24) is 15.5 Å². The van der Waals surface area contributed by atoms with Crippen molar-refractivity contribution in [1.29, 1.82) is 0 Å². The zero-order chi connectivity index (χ0) is 15.2. The van der Waals surface area contributed by atoms with Crippen LogP contribution in [0.15, 0.2) is 21.1 Å². The molecule has 0 aliphatic rings. The summed E-state index contributed by atoms with van der Waals surface area (Å²) in [6.45, 7) is 5.82. The smallest absolute Gasteiger partial charge is 0.227 e. The van der Waals surface area contributed by atoms with Gasteiger partial charge in [-0.3, -0.25) is 4.79 Å². The zero-order valence-corrected chi connectivity index (χ0v) is 12.7. The molecule has 0 aromatic carbocycles. The number of rotatable bonds is 7. The van der Waals surface area contributed by atoms with Crippen LogP contribution in [-0.2, 0) is 17.6 Å². The first kappa shape index (κ1) is 15.3. The van der Waals surface area contributed by atoms with Gasteiger partial charge in [-0.2, -0.15) is 4.98 Å². The molecule has 0 aliphatic carbocycles. The molecule has 0 aliphatic heterocycles. The number of furan rings is 1. The summed E-state index contributed by atoms with van der Waals surface area (Å²) in [5, 5.41) is 6.75. The largest absolute Gasteiger partial charge is 0.464 e. The molecule has 1 N–H and O–H groups in total. The van der Waals surface area contributed by atoms with E-state index in [1.54, 1.807) is 0 Å². The second-order valence-corrected chi connectivity index (χ2v) is 5.09. The first-order valence-corrected chi connectivity index (χ1v) is 7.25. The molecule has 2 heterocycles. The van der Waals surface area contributed by atoms with Gasteiger partial charge in [-0.15, -0.1) is 0 Å². The minimum absolute atomic E-state index is 0.0632. The van der Waals surface area contributed by atoms with Crippen LogP contribution in [0.2, 0.25) is 0 Å². The fraction of sp³-hybridized carbons (Fsp3) is 0.533. The van der Waals surface area contributed by atoms with Gasteiger partial charge in [0.25, 0.3) is 0 Å². The molecule has 21 heavy (non-hydrogen) atoms. The van der Waals surface area contributed by atoms with E-state index in [0.717, 1.165) is 24.4 Å². The normalized spacial score (nSPS) is 12.3. The average Bonchev–Trinajstić information content (AvgIpc) is 3.06. The lowest BCUT2D eigenvalue weighted by molar-refractivity contribution is -0.121. The summed E-state index contributed by atoms with van der Waals surface area (Å²) in [4.78, 5) is 16.1. The van der Waals surface area contributed by atoms with Gasteiger partial charge in [0.1, 0.15) is 11.5 Å². The Morgan fingerprint density at radius 1 is 1.38 bits per heavy atom. The molecular formula is C15H21N3O3. The monoisotopic (exact) mass is 291 g/mol. The second kappa shape index (κ2) is 7.06. The molecule has 6 heteroatoms. The van der Waals surface area contributed by atoms with E-state index in [1.807, 2.05) is 26.0 Å². The SMILES string of the molecule is CCCc1noc(CCC(=O)N[C@H](C)c2ccc(C)o2)n1. The summed E-state index contributed by atoms with van der Waals surface area (Å²) in [6, 6.07) is 3.60. The first-order chi connectivity index (χ1) is 10.1. The Morgan fingerprint density at radius 3 is 2.86 bits per heavy atom. The Hall–Kier alpha value is -2.11. The molecule has 2 aromatic heterocycles. The van der Waals surface area contributed by atoms with Crippen molar-refractivity contribution in [2.75, 3.05) is 0 Å². The van der Waals surface area contributed by atoms with Crippen LogP contribution in [-0.4, -0.2) is 16.0 Å². The predicted octanol–water partition coefficient (Wildman–Crippen LogP) is 2.73. The van der Waals surface area contributed by atoms with Crippen LogP contribution in [0.5, 0.6) is 0 Å². The minimum atomic E-state index is -0.149. The van der Waals surface area contributed by atoms with E-state index in [0.29, 0.717) is 24.6 Å². The molecule has 0 radical (unpaired) electrons. The van der Waals surface area contributed by atoms with Crippen molar-refractivity contribution in [3.8, 4) is 0 Å². The third-order valence-electron chi connectivity index (χ3n) is 3.12. The minimum Gasteiger partial charge on any atom is -0.464 e. The first-order valence-electron chi connectivity index (χ1n) is 7.25. The molecule has 114 valence electrons. The number of aromatic nitrogens is 2. The van der Waals surface area contributed by atoms with Crippen molar-refractivity contribution in [3.05, 3.63) is 35.4 Å². The molecule has 0 bridgehead atoms. The maximum absolute atomic E-state index is 11.9. The van der Waals surface area contributed by atoms with Gasteiger partial charge < -0.3 is 14.3 Å². The van der Waals surface area contributed by atoms with Gasteiger partial charge in [0.2, 0.25) is 11.8 Å². The lowest BCUT2D eigenvalue weighted by Gasteiger charge is -2.10. The van der Waals surface area contributed by atoms with E-state index in [9.17, 15) is 4.79 Å². The van der Waals surface area contributed by atoms with Gasteiger partial charge in [-0.05, 0) is 32.4 Å². The fourth-order valence-corrected chi connectivity index (χ4v) is 2.01. The number of hydrogen-bond acceptors (Lipinski definition) is 5. The molecule has 0 saturated heterocycles. The van der Waals surface area contributed by atoms with Crippen LogP contribution in [0.3, 0.4) is 0 Å². The summed E-state index contributed by atoms with van der Waals surface area (Å²) in [5.41, 5.74) is 0. The lowest BCUT2D eigenvalue weighted by atomic mass is 10.2. The summed E-state index contributed by atoms with van der Waals surface area (Å²) in [5.74, 6) is 2.73. The van der Waals surface area contributed by atoms with E-state index in [1.165, 1.54) is 0 Å². The predicted molar refractivity (Wildman–Crippen MR) is 76.6 cm³/mol. The topological polar surface area (TPSA) is 81.2 Å². The Bertz CT molecular complexity index is 589. The number of nitrogens with zero attached hydrogens (tertiary/aromatic N) is 2. The summed E-state index contributed by atoms with van der Waals surface area (Å²) < 4.78 is 10.6. The molecule has 0 fully saturated rings. The fourth-order valence-electron chi connectivity index (χ4n) is 2.01. The molecule has 0 saturated carbocycles. The molecule has 1 atom stereocenters. The maximum atomic E-state index is 11.9. The number of nitrogens with one attached hydrogen (secondary N) is 1. The van der Waals surface area contributed by atoms with E-state index < -0.39 is 0 Å². The zero-order valence-electron chi connectivity index (χ0n) is 12.7. The molecule has 0 unspecified atom stereocenters. The van der Waals surface area contributed by atoms with Gasteiger partial charge in [0, 0.05) is 19.3 Å². The van der Waals surface area contributed by atoms with Crippen molar-refractivity contribution in [3.63, 3.8) is 0 Å². The third kappa shape index (κ3) is 4.44. The van der Waals surface area contributed by atoms with Crippen LogP contribution in [0.4, 0.5) is 0 Å². The van der Waals surface area contributed by atoms with Crippen LogP contribution in [0.1, 0.15) is 56.0 Å². The Balaban J connectivity index is 1.78. The lowest BCUT2D eigenvalue weighted by Crippen LogP contribution is -2.26. The Morgan fingerprint density at radius 2 is 2.19 bits per heavy atom. The van der Waals surface area contributed by atoms with Crippen LogP contribution in [0.25, 0.3) is 0 Å². The molecule has 6 nitrogen and oxygen atoms in total. The highest BCUT2D eigenvalue weighted by atomic mass is 16.5. The van der Waals surface area contributed by atoms with Crippen LogP contribution >= 0.6 is 0 Å². The van der Waals surface area contributed by atoms with E-state index in [2.05, 4.69) is 22.4 Å². The standard InChI is InChI=1S/C15H21N3O3/c1-4-5-13-17-15(21-18-13)9-8-14(19)16-11(3)12-7-6-10(2)20-12/h6-7,11H,4-5,8-9H2,1-3H3,(H,16,19)/t11-/m1/s1. The highest BCUT2D eigenvalue weighted by molar-refractivity contribution is 5.76. The van der Waals surface area contributed by atoms with Crippen molar-refractivity contribution >= 4 is 5.91 Å². The Labute approximate surface area is 123 Å².